The van der Waals surface area contributed by atoms with Crippen molar-refractivity contribution < 1.29 is 0 Å². The van der Waals surface area contributed by atoms with Crippen LogP contribution in [0, 0.1) is 11.3 Å². The molecule has 7 heteroatoms. The fraction of sp³-hybridized carbons (Fsp3) is 0.778. The second-order valence-corrected chi connectivity index (χ2v) is 4.88. The Morgan fingerprint density at radius 3 is 3.00 bits per heavy atom. The Labute approximate surface area is 98.2 Å². The molecule has 1 atom stereocenters. The number of nitrogens with zero attached hydrogens (tertiary/aromatic N) is 5. The van der Waals surface area contributed by atoms with E-state index in [9.17, 15) is 0 Å². The normalized spacial score (nSPS) is 18.5. The standard InChI is InChI=1S/C9H14N6S/c10-5-7(11)6-16-9-12-13-14-15(9)8-3-1-2-4-8/h7-8H,1-4,6,11H2. The second-order valence-electron chi connectivity index (χ2n) is 3.89. The van der Waals surface area contributed by atoms with Crippen LogP contribution in [0.5, 0.6) is 0 Å². The molecule has 6 nitrogen and oxygen atoms in total. The maximum atomic E-state index is 8.60. The zero-order chi connectivity index (χ0) is 11.4. The van der Waals surface area contributed by atoms with Crippen molar-refractivity contribution in [2.45, 2.75) is 42.9 Å². The zero-order valence-electron chi connectivity index (χ0n) is 8.91. The van der Waals surface area contributed by atoms with Gasteiger partial charge >= 0.3 is 0 Å². The first-order valence-corrected chi connectivity index (χ1v) is 6.35. The smallest absolute Gasteiger partial charge is 0.209 e. The summed E-state index contributed by atoms with van der Waals surface area (Å²) in [4.78, 5) is 0. The van der Waals surface area contributed by atoms with Crippen molar-refractivity contribution in [3.63, 3.8) is 0 Å². The van der Waals surface area contributed by atoms with Crippen LogP contribution in [0.15, 0.2) is 5.16 Å². The van der Waals surface area contributed by atoms with E-state index in [-0.39, 0.29) is 0 Å². The highest BCUT2D eigenvalue weighted by atomic mass is 32.2. The monoisotopic (exact) mass is 238 g/mol. The highest BCUT2D eigenvalue weighted by molar-refractivity contribution is 7.99. The molecule has 1 fully saturated rings. The highest BCUT2D eigenvalue weighted by Gasteiger charge is 2.21. The summed E-state index contributed by atoms with van der Waals surface area (Å²) in [7, 11) is 0. The summed E-state index contributed by atoms with van der Waals surface area (Å²) in [5.74, 6) is 0.531. The van der Waals surface area contributed by atoms with Gasteiger partial charge in [-0.3, -0.25) is 0 Å². The molecule has 0 radical (unpaired) electrons. The first-order chi connectivity index (χ1) is 7.81. The lowest BCUT2D eigenvalue weighted by Gasteiger charge is -2.10. The van der Waals surface area contributed by atoms with E-state index in [1.165, 1.54) is 24.6 Å². The van der Waals surface area contributed by atoms with Gasteiger partial charge in [-0.25, -0.2) is 4.68 Å². The lowest BCUT2D eigenvalue weighted by molar-refractivity contribution is 0.423. The van der Waals surface area contributed by atoms with Gasteiger partial charge in [-0.2, -0.15) is 5.26 Å². The Bertz CT molecular complexity index is 378. The summed E-state index contributed by atoms with van der Waals surface area (Å²) >= 11 is 1.45. The minimum Gasteiger partial charge on any atom is -0.315 e. The Hall–Kier alpha value is -1.13. The van der Waals surface area contributed by atoms with E-state index in [1.54, 1.807) is 0 Å². The molecule has 1 aromatic heterocycles. The summed E-state index contributed by atoms with van der Waals surface area (Å²) in [5.41, 5.74) is 5.53. The van der Waals surface area contributed by atoms with Crippen molar-refractivity contribution in [3.05, 3.63) is 0 Å². The van der Waals surface area contributed by atoms with Crippen molar-refractivity contribution >= 4 is 11.8 Å². The topological polar surface area (TPSA) is 93.4 Å². The molecular formula is C9H14N6S. The van der Waals surface area contributed by atoms with E-state index in [0.29, 0.717) is 11.8 Å². The number of nitrogens with two attached hydrogens (primary N) is 1. The molecule has 1 aromatic rings. The van der Waals surface area contributed by atoms with Crippen molar-refractivity contribution in [1.29, 1.82) is 5.26 Å². The van der Waals surface area contributed by atoms with Crippen LogP contribution in [0.25, 0.3) is 0 Å². The molecule has 1 unspecified atom stereocenters. The molecule has 0 saturated heterocycles. The lowest BCUT2D eigenvalue weighted by Crippen LogP contribution is -2.20. The fourth-order valence-corrected chi connectivity index (χ4v) is 2.68. The van der Waals surface area contributed by atoms with Crippen molar-refractivity contribution in [1.82, 2.24) is 20.2 Å². The van der Waals surface area contributed by atoms with Crippen LogP contribution in [0.4, 0.5) is 0 Å². The molecule has 1 saturated carbocycles. The molecule has 0 spiro atoms. The Balaban J connectivity index is 1.99. The van der Waals surface area contributed by atoms with Gasteiger partial charge in [0.15, 0.2) is 0 Å². The second kappa shape index (κ2) is 5.27. The average molecular weight is 238 g/mol. The molecule has 1 aliphatic carbocycles. The molecule has 86 valence electrons. The Kier molecular flexibility index (Phi) is 3.74. The molecule has 0 aromatic carbocycles. The molecule has 0 amide bonds. The molecule has 2 N–H and O–H groups in total. The third-order valence-electron chi connectivity index (χ3n) is 2.69. The molecule has 1 aliphatic rings. The number of thioether (sulfide) groups is 1. The van der Waals surface area contributed by atoms with E-state index in [4.69, 9.17) is 11.0 Å². The van der Waals surface area contributed by atoms with Gasteiger partial charge in [0.2, 0.25) is 5.16 Å². The van der Waals surface area contributed by atoms with E-state index in [1.807, 2.05) is 10.8 Å². The molecule has 0 bridgehead atoms. The van der Waals surface area contributed by atoms with Gasteiger partial charge in [0.05, 0.1) is 12.1 Å². The number of nitriles is 1. The number of rotatable bonds is 4. The number of hydrogen-bond acceptors (Lipinski definition) is 6. The molecule has 2 rings (SSSR count). The number of aromatic nitrogens is 4. The van der Waals surface area contributed by atoms with Crippen LogP contribution in [0.3, 0.4) is 0 Å². The predicted molar refractivity (Wildman–Crippen MR) is 59.6 cm³/mol. The average Bonchev–Trinajstić information content (AvgIpc) is 2.95. The van der Waals surface area contributed by atoms with Crippen molar-refractivity contribution in [3.8, 4) is 6.07 Å². The van der Waals surface area contributed by atoms with Gasteiger partial charge in [-0.1, -0.05) is 24.6 Å². The highest BCUT2D eigenvalue weighted by Crippen LogP contribution is 2.31. The van der Waals surface area contributed by atoms with Crippen LogP contribution in [-0.2, 0) is 0 Å². The van der Waals surface area contributed by atoms with Crippen LogP contribution in [-0.4, -0.2) is 32.0 Å². The van der Waals surface area contributed by atoms with Crippen LogP contribution < -0.4 is 5.73 Å². The summed E-state index contributed by atoms with van der Waals surface area (Å²) in [5, 5.41) is 21.0. The summed E-state index contributed by atoms with van der Waals surface area (Å²) in [6.45, 7) is 0. The summed E-state index contributed by atoms with van der Waals surface area (Å²) < 4.78 is 1.88. The molecule has 0 aliphatic heterocycles. The quantitative estimate of drug-likeness (QED) is 0.777. The SMILES string of the molecule is N#CC(N)CSc1nnnn1C1CCCC1. The summed E-state index contributed by atoms with van der Waals surface area (Å²) in [6.07, 6.45) is 4.77. The first kappa shape index (κ1) is 11.4. The van der Waals surface area contributed by atoms with E-state index < -0.39 is 6.04 Å². The predicted octanol–water partition coefficient (Wildman–Crippen LogP) is 0.731. The Morgan fingerprint density at radius 1 is 1.56 bits per heavy atom. The van der Waals surface area contributed by atoms with Gasteiger partial charge in [0.25, 0.3) is 0 Å². The molecule has 1 heterocycles. The minimum atomic E-state index is -0.460. The lowest BCUT2D eigenvalue weighted by atomic mass is 10.3. The zero-order valence-corrected chi connectivity index (χ0v) is 9.73. The van der Waals surface area contributed by atoms with Gasteiger partial charge < -0.3 is 5.73 Å². The number of hydrogen-bond donors (Lipinski definition) is 1. The molecule has 16 heavy (non-hydrogen) atoms. The maximum Gasteiger partial charge on any atom is 0.209 e. The van der Waals surface area contributed by atoms with E-state index in [0.717, 1.165) is 18.0 Å². The fourth-order valence-electron chi connectivity index (χ4n) is 1.86. The van der Waals surface area contributed by atoms with Gasteiger partial charge in [0, 0.05) is 5.75 Å². The van der Waals surface area contributed by atoms with Crippen LogP contribution >= 0.6 is 11.8 Å². The first-order valence-electron chi connectivity index (χ1n) is 5.37. The summed E-state index contributed by atoms with van der Waals surface area (Å²) in [6, 6.07) is 1.96. The van der Waals surface area contributed by atoms with Crippen molar-refractivity contribution in [2.24, 2.45) is 5.73 Å². The van der Waals surface area contributed by atoms with Gasteiger partial charge in [-0.05, 0) is 23.3 Å². The minimum absolute atomic E-state index is 0.427. The third-order valence-corrected chi connectivity index (χ3v) is 3.74. The van der Waals surface area contributed by atoms with E-state index >= 15 is 0 Å². The third kappa shape index (κ3) is 2.51. The largest absolute Gasteiger partial charge is 0.315 e. The maximum absolute atomic E-state index is 8.60. The van der Waals surface area contributed by atoms with E-state index in [2.05, 4.69) is 15.5 Å². The van der Waals surface area contributed by atoms with Gasteiger partial charge in [-0.15, -0.1) is 5.10 Å². The van der Waals surface area contributed by atoms with Crippen molar-refractivity contribution in [2.75, 3.05) is 5.75 Å². The van der Waals surface area contributed by atoms with Gasteiger partial charge in [0.1, 0.15) is 6.04 Å². The molecular weight excluding hydrogens is 224 g/mol. The van der Waals surface area contributed by atoms with Crippen LogP contribution in [0.2, 0.25) is 0 Å². The Morgan fingerprint density at radius 2 is 2.31 bits per heavy atom. The number of tetrazole rings is 1. The van der Waals surface area contributed by atoms with Crippen LogP contribution in [0.1, 0.15) is 31.7 Å².